The summed E-state index contributed by atoms with van der Waals surface area (Å²) < 4.78 is 43.2. The zero-order valence-corrected chi connectivity index (χ0v) is 16.1. The number of methoxy groups -OCH3 is 3. The Kier molecular flexibility index (Phi) is 11.0. The van der Waals surface area contributed by atoms with Gasteiger partial charge in [0.15, 0.2) is 5.79 Å². The van der Waals surface area contributed by atoms with Crippen LogP contribution in [0.3, 0.4) is 0 Å². The first-order chi connectivity index (χ1) is 12.4. The number of rotatable bonds is 12. The molecule has 1 aliphatic rings. The molecule has 1 unspecified atom stereocenters. The van der Waals surface area contributed by atoms with Gasteiger partial charge in [-0.3, -0.25) is 0 Å². The van der Waals surface area contributed by atoms with Gasteiger partial charge in [-0.25, -0.2) is 0 Å². The molecule has 0 saturated carbocycles. The molecule has 0 aromatic heterocycles. The molecule has 10 nitrogen and oxygen atoms in total. The molecule has 1 rings (SSSR count). The van der Waals surface area contributed by atoms with Crippen LogP contribution < -0.4 is 0 Å². The van der Waals surface area contributed by atoms with Crippen LogP contribution in [0.1, 0.15) is 13.8 Å². The Morgan fingerprint density at radius 3 is 2.23 bits per heavy atom. The molecule has 0 amide bonds. The van der Waals surface area contributed by atoms with Crippen molar-refractivity contribution in [1.82, 2.24) is 0 Å². The summed E-state index contributed by atoms with van der Waals surface area (Å²) in [6.45, 7) is 3.01. The van der Waals surface area contributed by atoms with Crippen molar-refractivity contribution >= 4 is 0 Å². The van der Waals surface area contributed by atoms with Crippen molar-refractivity contribution in [2.24, 2.45) is 0 Å². The lowest BCUT2D eigenvalue weighted by Crippen LogP contribution is -2.53. The smallest absolute Gasteiger partial charge is 0.164 e. The molecule has 1 heterocycles. The Morgan fingerprint density at radius 2 is 1.65 bits per heavy atom. The van der Waals surface area contributed by atoms with Gasteiger partial charge in [-0.15, -0.1) is 0 Å². The molecule has 1 fully saturated rings. The van der Waals surface area contributed by atoms with Crippen molar-refractivity contribution in [3.8, 4) is 0 Å². The summed E-state index contributed by atoms with van der Waals surface area (Å²) in [5.74, 6) is -1.11. The first kappa shape index (κ1) is 23.6. The zero-order valence-electron chi connectivity index (χ0n) is 16.1. The van der Waals surface area contributed by atoms with E-state index in [0.29, 0.717) is 0 Å². The molecule has 26 heavy (non-hydrogen) atoms. The van der Waals surface area contributed by atoms with Crippen molar-refractivity contribution < 1.29 is 48.1 Å². The lowest BCUT2D eigenvalue weighted by molar-refractivity contribution is -0.280. The van der Waals surface area contributed by atoms with E-state index in [4.69, 9.17) is 37.9 Å². The second-order valence-corrected chi connectivity index (χ2v) is 6.24. The van der Waals surface area contributed by atoms with Gasteiger partial charge in [0.2, 0.25) is 0 Å². The predicted molar refractivity (Wildman–Crippen MR) is 88.2 cm³/mol. The molecule has 0 radical (unpaired) electrons. The first-order valence-corrected chi connectivity index (χ1v) is 8.32. The van der Waals surface area contributed by atoms with E-state index in [1.54, 1.807) is 13.8 Å². The van der Waals surface area contributed by atoms with Crippen LogP contribution >= 0.6 is 0 Å². The molecule has 5 atom stereocenters. The van der Waals surface area contributed by atoms with Crippen LogP contribution in [-0.2, 0) is 37.9 Å². The highest BCUT2D eigenvalue weighted by Gasteiger charge is 2.48. The summed E-state index contributed by atoms with van der Waals surface area (Å²) in [6, 6.07) is 0. The van der Waals surface area contributed by atoms with E-state index in [9.17, 15) is 10.2 Å². The van der Waals surface area contributed by atoms with Crippen LogP contribution in [0.25, 0.3) is 0 Å². The number of hydrogen-bond donors (Lipinski definition) is 2. The molecule has 1 aliphatic heterocycles. The minimum Gasteiger partial charge on any atom is -0.394 e. The summed E-state index contributed by atoms with van der Waals surface area (Å²) in [4.78, 5) is 0. The summed E-state index contributed by atoms with van der Waals surface area (Å²) in [6.07, 6.45) is -4.44. The average molecular weight is 384 g/mol. The van der Waals surface area contributed by atoms with E-state index in [-0.39, 0.29) is 27.0 Å². The Balaban J connectivity index is 3.07. The maximum absolute atomic E-state index is 10.7. The normalized spacial score (nSPS) is 30.1. The third-order valence-electron chi connectivity index (χ3n) is 3.70. The number of aliphatic hydroxyl groups is 2. The molecule has 0 aromatic rings. The topological polar surface area (TPSA) is 114 Å². The van der Waals surface area contributed by atoms with Gasteiger partial charge in [0, 0.05) is 21.3 Å². The van der Waals surface area contributed by atoms with E-state index in [1.165, 1.54) is 21.3 Å². The largest absolute Gasteiger partial charge is 0.394 e. The van der Waals surface area contributed by atoms with Crippen molar-refractivity contribution in [1.29, 1.82) is 0 Å². The minimum absolute atomic E-state index is 0.0152. The molecule has 10 heteroatoms. The van der Waals surface area contributed by atoms with Gasteiger partial charge in [0.1, 0.15) is 50.9 Å². The lowest BCUT2D eigenvalue weighted by atomic mass is 9.99. The van der Waals surface area contributed by atoms with Gasteiger partial charge in [-0.1, -0.05) is 0 Å². The highest BCUT2D eigenvalue weighted by Crippen LogP contribution is 2.30. The van der Waals surface area contributed by atoms with Crippen molar-refractivity contribution in [3.05, 3.63) is 0 Å². The Labute approximate surface area is 154 Å². The lowest BCUT2D eigenvalue weighted by Gasteiger charge is -2.35. The fraction of sp³-hybridized carbons (Fsp3) is 1.00. The van der Waals surface area contributed by atoms with E-state index in [1.807, 2.05) is 0 Å². The third-order valence-corrected chi connectivity index (χ3v) is 3.70. The fourth-order valence-corrected chi connectivity index (χ4v) is 2.68. The Hall–Kier alpha value is -0.400. The van der Waals surface area contributed by atoms with E-state index >= 15 is 0 Å². The van der Waals surface area contributed by atoms with Crippen LogP contribution in [0.5, 0.6) is 0 Å². The van der Waals surface area contributed by atoms with Gasteiger partial charge in [-0.05, 0) is 13.8 Å². The first-order valence-electron chi connectivity index (χ1n) is 8.32. The number of aliphatic hydroxyl groups excluding tert-OH is 2. The van der Waals surface area contributed by atoms with Gasteiger partial charge in [0.05, 0.1) is 13.2 Å². The average Bonchev–Trinajstić information content (AvgIpc) is 2.70. The van der Waals surface area contributed by atoms with E-state index in [2.05, 4.69) is 0 Å². The third kappa shape index (κ3) is 7.31. The summed E-state index contributed by atoms with van der Waals surface area (Å²) >= 11 is 0. The maximum Gasteiger partial charge on any atom is 0.164 e. The van der Waals surface area contributed by atoms with Crippen molar-refractivity contribution in [2.75, 3.05) is 54.9 Å². The monoisotopic (exact) mass is 384 g/mol. The molecule has 0 aliphatic carbocycles. The summed E-state index contributed by atoms with van der Waals surface area (Å²) in [7, 11) is 4.46. The maximum atomic E-state index is 10.7. The fourth-order valence-electron chi connectivity index (χ4n) is 2.68. The molecule has 0 bridgehead atoms. The van der Waals surface area contributed by atoms with E-state index in [0.717, 1.165) is 0 Å². The predicted octanol–water partition coefficient (Wildman–Crippen LogP) is -0.542. The standard InChI is InChI=1S/C16H32O10/c1-16(2)25-11(6-17)13(18)15(24-10-21-5)14(26-16)12(23-9-20-4)7-22-8-19-3/h11-15,17-18H,6-10H2,1-5H3/t11-,12+,13-,14-,15?/m1/s1. The highest BCUT2D eigenvalue weighted by atomic mass is 16.7. The summed E-state index contributed by atoms with van der Waals surface area (Å²) in [5, 5.41) is 20.3. The Morgan fingerprint density at radius 1 is 1.00 bits per heavy atom. The Bertz CT molecular complexity index is 367. The molecular weight excluding hydrogens is 352 g/mol. The SMILES string of the molecule is COCOC[C@H](OCOC)[C@H]1OC(C)(C)O[C@H](CO)[C@@H](O)C1OCOC. The molecule has 1 saturated heterocycles. The molecular formula is C16H32O10. The van der Waals surface area contributed by atoms with Crippen molar-refractivity contribution in [3.63, 3.8) is 0 Å². The molecule has 0 spiro atoms. The molecule has 2 N–H and O–H groups in total. The minimum atomic E-state index is -1.18. The van der Waals surface area contributed by atoms with Gasteiger partial charge in [0.25, 0.3) is 0 Å². The summed E-state index contributed by atoms with van der Waals surface area (Å²) in [5.41, 5.74) is 0. The van der Waals surface area contributed by atoms with Crippen LogP contribution in [0.2, 0.25) is 0 Å². The second kappa shape index (κ2) is 12.1. The van der Waals surface area contributed by atoms with Gasteiger partial charge >= 0.3 is 0 Å². The van der Waals surface area contributed by atoms with Gasteiger partial charge < -0.3 is 48.1 Å². The highest BCUT2D eigenvalue weighted by molar-refractivity contribution is 4.92. The van der Waals surface area contributed by atoms with Crippen LogP contribution in [0, 0.1) is 0 Å². The number of hydrogen-bond acceptors (Lipinski definition) is 10. The van der Waals surface area contributed by atoms with Gasteiger partial charge in [-0.2, -0.15) is 0 Å². The van der Waals surface area contributed by atoms with Crippen molar-refractivity contribution in [2.45, 2.75) is 50.2 Å². The quantitative estimate of drug-likeness (QED) is 0.336. The number of ether oxygens (including phenoxy) is 8. The van der Waals surface area contributed by atoms with Crippen LogP contribution in [0.15, 0.2) is 0 Å². The molecule has 0 aromatic carbocycles. The van der Waals surface area contributed by atoms with Crippen LogP contribution in [0.4, 0.5) is 0 Å². The second-order valence-electron chi connectivity index (χ2n) is 6.24. The van der Waals surface area contributed by atoms with E-state index < -0.39 is 42.9 Å². The zero-order chi connectivity index (χ0) is 19.6. The molecule has 156 valence electrons. The van der Waals surface area contributed by atoms with Crippen LogP contribution in [-0.4, -0.2) is 101 Å².